The van der Waals surface area contributed by atoms with Crippen LogP contribution in [-0.4, -0.2) is 15.6 Å². The van der Waals surface area contributed by atoms with Gasteiger partial charge in [0.15, 0.2) is 0 Å². The van der Waals surface area contributed by atoms with Crippen molar-refractivity contribution in [2.75, 3.05) is 0 Å². The maximum Gasteiger partial charge on any atom is 0.112 e. The third-order valence-electron chi connectivity index (χ3n) is 3.72. The van der Waals surface area contributed by atoms with Gasteiger partial charge >= 0.3 is 0 Å². The fourth-order valence-corrected chi connectivity index (χ4v) is 2.96. The lowest BCUT2D eigenvalue weighted by Crippen LogP contribution is -2.15. The van der Waals surface area contributed by atoms with Crippen LogP contribution >= 0.6 is 11.6 Å². The van der Waals surface area contributed by atoms with Gasteiger partial charge in [-0.15, -0.1) is 0 Å². The molecule has 1 saturated carbocycles. The third-order valence-corrected chi connectivity index (χ3v) is 3.95. The molecule has 0 radical (unpaired) electrons. The van der Waals surface area contributed by atoms with Crippen LogP contribution < -0.4 is 5.73 Å². The average Bonchev–Trinajstić information content (AvgIpc) is 2.84. The predicted octanol–water partition coefficient (Wildman–Crippen LogP) is 2.82. The van der Waals surface area contributed by atoms with Gasteiger partial charge in [-0.25, -0.2) is 4.98 Å². The largest absolute Gasteiger partial charge is 0.331 e. The minimum Gasteiger partial charge on any atom is -0.331 e. The summed E-state index contributed by atoms with van der Waals surface area (Å²) in [7, 11) is 2.06. The lowest BCUT2D eigenvalue weighted by Gasteiger charge is -2.09. The standard InChI is InChI=1S/C13H16ClN3/c1-17-12-7-9(14)3-5-11(12)16-13(17)8-2-4-10(15)6-8/h3,5,7-8,10H,2,4,6,15H2,1H3. The number of halogens is 1. The summed E-state index contributed by atoms with van der Waals surface area (Å²) in [6.45, 7) is 0. The monoisotopic (exact) mass is 249 g/mol. The second-order valence-electron chi connectivity index (χ2n) is 4.93. The molecule has 1 aromatic heterocycles. The number of aryl methyl sites for hydroxylation is 1. The van der Waals surface area contributed by atoms with Gasteiger partial charge in [-0.05, 0) is 37.5 Å². The second-order valence-corrected chi connectivity index (χ2v) is 5.37. The van der Waals surface area contributed by atoms with Crippen LogP contribution in [0.15, 0.2) is 18.2 Å². The van der Waals surface area contributed by atoms with Crippen LogP contribution in [0.25, 0.3) is 11.0 Å². The summed E-state index contributed by atoms with van der Waals surface area (Å²) in [4.78, 5) is 4.72. The highest BCUT2D eigenvalue weighted by molar-refractivity contribution is 6.31. The first-order valence-corrected chi connectivity index (χ1v) is 6.40. The van der Waals surface area contributed by atoms with Gasteiger partial charge in [0, 0.05) is 24.0 Å². The van der Waals surface area contributed by atoms with Gasteiger partial charge in [0.25, 0.3) is 0 Å². The van der Waals surface area contributed by atoms with Crippen LogP contribution in [0.1, 0.15) is 31.0 Å². The summed E-state index contributed by atoms with van der Waals surface area (Å²) in [5.74, 6) is 1.65. The number of imidazole rings is 1. The Morgan fingerprint density at radius 1 is 1.41 bits per heavy atom. The quantitative estimate of drug-likeness (QED) is 0.845. The molecule has 3 rings (SSSR count). The molecule has 1 heterocycles. The first-order valence-electron chi connectivity index (χ1n) is 6.02. The van der Waals surface area contributed by atoms with Crippen LogP contribution in [0.2, 0.25) is 5.02 Å². The molecular formula is C13H16ClN3. The zero-order valence-electron chi connectivity index (χ0n) is 9.86. The number of hydrogen-bond acceptors (Lipinski definition) is 2. The Labute approximate surface area is 106 Å². The van der Waals surface area contributed by atoms with Crippen molar-refractivity contribution in [2.24, 2.45) is 12.8 Å². The highest BCUT2D eigenvalue weighted by Crippen LogP contribution is 2.34. The Bertz CT molecular complexity index is 561. The Kier molecular flexibility index (Phi) is 2.60. The molecule has 4 heteroatoms. The Morgan fingerprint density at radius 3 is 2.94 bits per heavy atom. The van der Waals surface area contributed by atoms with E-state index in [2.05, 4.69) is 11.6 Å². The molecule has 1 aromatic carbocycles. The third kappa shape index (κ3) is 1.83. The normalized spacial score (nSPS) is 24.6. The summed E-state index contributed by atoms with van der Waals surface area (Å²) in [6.07, 6.45) is 3.30. The summed E-state index contributed by atoms with van der Waals surface area (Å²) in [5, 5.41) is 0.759. The minimum atomic E-state index is 0.336. The zero-order chi connectivity index (χ0) is 12.0. The molecule has 17 heavy (non-hydrogen) atoms. The van der Waals surface area contributed by atoms with E-state index in [9.17, 15) is 0 Å². The van der Waals surface area contributed by atoms with Crippen molar-refractivity contribution in [3.8, 4) is 0 Å². The van der Waals surface area contributed by atoms with E-state index >= 15 is 0 Å². The van der Waals surface area contributed by atoms with E-state index in [1.165, 1.54) is 0 Å². The molecule has 2 N–H and O–H groups in total. The molecule has 0 spiro atoms. The molecule has 0 amide bonds. The Morgan fingerprint density at radius 2 is 2.24 bits per heavy atom. The maximum atomic E-state index is 6.02. The lowest BCUT2D eigenvalue weighted by molar-refractivity contribution is 0.621. The molecule has 2 unspecified atom stereocenters. The summed E-state index contributed by atoms with van der Waals surface area (Å²) in [6, 6.07) is 6.18. The molecule has 90 valence electrons. The lowest BCUT2D eigenvalue weighted by atomic mass is 10.1. The van der Waals surface area contributed by atoms with Crippen LogP contribution in [0.4, 0.5) is 0 Å². The van der Waals surface area contributed by atoms with Crippen molar-refractivity contribution in [3.63, 3.8) is 0 Å². The van der Waals surface area contributed by atoms with Gasteiger partial charge in [-0.3, -0.25) is 0 Å². The smallest absolute Gasteiger partial charge is 0.112 e. The SMILES string of the molecule is Cn1c(C2CCC(N)C2)nc2ccc(Cl)cc21. The van der Waals surface area contributed by atoms with Gasteiger partial charge in [-0.1, -0.05) is 11.6 Å². The van der Waals surface area contributed by atoms with Crippen LogP contribution in [0.3, 0.4) is 0 Å². The van der Waals surface area contributed by atoms with Crippen LogP contribution in [0.5, 0.6) is 0 Å². The molecule has 0 aliphatic heterocycles. The highest BCUT2D eigenvalue weighted by Gasteiger charge is 2.27. The zero-order valence-corrected chi connectivity index (χ0v) is 10.6. The minimum absolute atomic E-state index is 0.336. The number of rotatable bonds is 1. The van der Waals surface area contributed by atoms with Crippen molar-refractivity contribution in [3.05, 3.63) is 29.0 Å². The molecule has 2 atom stereocenters. The number of hydrogen-bond donors (Lipinski definition) is 1. The molecular weight excluding hydrogens is 234 g/mol. The van der Waals surface area contributed by atoms with Gasteiger partial charge < -0.3 is 10.3 Å². The number of benzene rings is 1. The summed E-state index contributed by atoms with van der Waals surface area (Å²) in [5.41, 5.74) is 8.10. The highest BCUT2D eigenvalue weighted by atomic mass is 35.5. The van der Waals surface area contributed by atoms with E-state index < -0.39 is 0 Å². The average molecular weight is 250 g/mol. The molecule has 0 saturated heterocycles. The molecule has 3 nitrogen and oxygen atoms in total. The number of nitrogens with two attached hydrogens (primary N) is 1. The van der Waals surface area contributed by atoms with Crippen molar-refractivity contribution in [1.29, 1.82) is 0 Å². The van der Waals surface area contributed by atoms with Gasteiger partial charge in [0.2, 0.25) is 0 Å². The number of aromatic nitrogens is 2. The first kappa shape index (κ1) is 11.1. The topological polar surface area (TPSA) is 43.8 Å². The van der Waals surface area contributed by atoms with E-state index in [-0.39, 0.29) is 0 Å². The first-order chi connectivity index (χ1) is 8.15. The molecule has 0 bridgehead atoms. The van der Waals surface area contributed by atoms with E-state index in [1.54, 1.807) is 0 Å². The Hall–Kier alpha value is -1.06. The molecule has 1 fully saturated rings. The van der Waals surface area contributed by atoms with Crippen molar-refractivity contribution in [1.82, 2.24) is 9.55 Å². The van der Waals surface area contributed by atoms with E-state index in [4.69, 9.17) is 22.3 Å². The van der Waals surface area contributed by atoms with Crippen molar-refractivity contribution >= 4 is 22.6 Å². The van der Waals surface area contributed by atoms with Crippen molar-refractivity contribution in [2.45, 2.75) is 31.2 Å². The molecule has 1 aliphatic rings. The number of fused-ring (bicyclic) bond motifs is 1. The maximum absolute atomic E-state index is 6.02. The summed E-state index contributed by atoms with van der Waals surface area (Å²) >= 11 is 6.02. The summed E-state index contributed by atoms with van der Waals surface area (Å²) < 4.78 is 2.16. The van der Waals surface area contributed by atoms with Crippen molar-refractivity contribution < 1.29 is 0 Å². The van der Waals surface area contributed by atoms with Gasteiger partial charge in [-0.2, -0.15) is 0 Å². The predicted molar refractivity (Wildman–Crippen MR) is 70.3 cm³/mol. The molecule has 2 aromatic rings. The van der Waals surface area contributed by atoms with Crippen LogP contribution in [0, 0.1) is 0 Å². The fourth-order valence-electron chi connectivity index (χ4n) is 2.80. The van der Waals surface area contributed by atoms with E-state index in [0.717, 1.165) is 41.1 Å². The Balaban J connectivity index is 2.08. The van der Waals surface area contributed by atoms with E-state index in [0.29, 0.717) is 12.0 Å². The van der Waals surface area contributed by atoms with Crippen LogP contribution in [-0.2, 0) is 7.05 Å². The molecule has 1 aliphatic carbocycles. The van der Waals surface area contributed by atoms with Gasteiger partial charge in [0.1, 0.15) is 5.82 Å². The number of nitrogens with zero attached hydrogens (tertiary/aromatic N) is 2. The van der Waals surface area contributed by atoms with E-state index in [1.807, 2.05) is 18.2 Å². The second kappa shape index (κ2) is 4.00. The van der Waals surface area contributed by atoms with Gasteiger partial charge in [0.05, 0.1) is 11.0 Å². The fraction of sp³-hybridized carbons (Fsp3) is 0.462.